The van der Waals surface area contributed by atoms with E-state index in [-0.39, 0.29) is 38.5 Å². The molecule has 2 aliphatic rings. The number of hydrogen-bond acceptors (Lipinski definition) is 7. The van der Waals surface area contributed by atoms with Crippen LogP contribution < -0.4 is 0 Å². The topological polar surface area (TPSA) is 40.7 Å². The van der Waals surface area contributed by atoms with Crippen molar-refractivity contribution in [2.24, 2.45) is 0 Å². The zero-order chi connectivity index (χ0) is 20.6. The standard InChI is InChI=1S/C22H45N4O3.CH3.U/c1-3-6-23-8-12-25(13-9-23)16-19-29-20-17-26-14-10-24(11-15-26)7-4-5-18-28-22-21-27-2;;/h1,3-22H2,2H3;1H3;/q2*-1;+2. The maximum absolute atomic E-state index is 5.92. The van der Waals surface area contributed by atoms with E-state index in [1.807, 2.05) is 0 Å². The zero-order valence-corrected chi connectivity index (χ0v) is 24.5. The van der Waals surface area contributed by atoms with Gasteiger partial charge in [-0.25, -0.2) is 0 Å². The van der Waals surface area contributed by atoms with Crippen LogP contribution in [-0.2, 0) is 14.2 Å². The summed E-state index contributed by atoms with van der Waals surface area (Å²) in [4.78, 5) is 10.2. The molecule has 0 aromatic carbocycles. The molecule has 0 saturated carbocycles. The van der Waals surface area contributed by atoms with E-state index in [1.165, 1.54) is 65.3 Å². The van der Waals surface area contributed by atoms with Crippen molar-refractivity contribution in [3.05, 3.63) is 14.4 Å². The first-order chi connectivity index (χ1) is 14.3. The van der Waals surface area contributed by atoms with E-state index in [1.54, 1.807) is 7.11 Å². The van der Waals surface area contributed by atoms with Crippen molar-refractivity contribution < 1.29 is 45.3 Å². The van der Waals surface area contributed by atoms with Crippen molar-refractivity contribution in [1.29, 1.82) is 0 Å². The smallest absolute Gasteiger partial charge is 0.382 e. The fourth-order valence-electron chi connectivity index (χ4n) is 3.97. The number of hydrogen-bond donors (Lipinski definition) is 0. The molecule has 0 aromatic rings. The molecule has 0 aromatic heterocycles. The van der Waals surface area contributed by atoms with Crippen molar-refractivity contribution in [2.75, 3.05) is 119 Å². The molecule has 0 bridgehead atoms. The molecule has 0 radical (unpaired) electrons. The Morgan fingerprint density at radius 2 is 1.03 bits per heavy atom. The molecular formula is C23H48N4O3U. The van der Waals surface area contributed by atoms with E-state index in [4.69, 9.17) is 14.2 Å². The number of rotatable bonds is 16. The summed E-state index contributed by atoms with van der Waals surface area (Å²) in [6, 6.07) is 0. The van der Waals surface area contributed by atoms with E-state index in [0.29, 0.717) is 13.2 Å². The molecule has 2 aliphatic heterocycles. The molecule has 0 N–H and O–H groups in total. The van der Waals surface area contributed by atoms with Crippen LogP contribution in [0, 0.1) is 45.5 Å². The van der Waals surface area contributed by atoms with Crippen molar-refractivity contribution in [3.63, 3.8) is 0 Å². The Balaban J connectivity index is 0.00000450. The summed E-state index contributed by atoms with van der Waals surface area (Å²) in [5.41, 5.74) is 0. The molecule has 2 heterocycles. The van der Waals surface area contributed by atoms with Crippen LogP contribution in [0.5, 0.6) is 0 Å². The molecule has 8 heteroatoms. The van der Waals surface area contributed by atoms with Gasteiger partial charge >= 0.3 is 31.1 Å². The van der Waals surface area contributed by atoms with E-state index in [0.717, 1.165) is 52.3 Å². The van der Waals surface area contributed by atoms with Crippen molar-refractivity contribution in [2.45, 2.75) is 19.3 Å². The molecule has 0 atom stereocenters. The van der Waals surface area contributed by atoms with Gasteiger partial charge in [-0.15, -0.1) is 0 Å². The average Bonchev–Trinajstić information content (AvgIpc) is 2.75. The number of methoxy groups -OCH3 is 1. The van der Waals surface area contributed by atoms with Crippen LogP contribution in [0.2, 0.25) is 0 Å². The normalized spacial score (nSPS) is 19.2. The summed E-state index contributed by atoms with van der Waals surface area (Å²) in [7, 11) is 1.71. The van der Waals surface area contributed by atoms with Crippen molar-refractivity contribution >= 4 is 0 Å². The van der Waals surface area contributed by atoms with Gasteiger partial charge in [0.25, 0.3) is 0 Å². The van der Waals surface area contributed by atoms with Crippen LogP contribution >= 0.6 is 0 Å². The summed E-state index contributed by atoms with van der Waals surface area (Å²) in [5, 5.41) is 0. The van der Waals surface area contributed by atoms with E-state index < -0.39 is 0 Å². The van der Waals surface area contributed by atoms with Gasteiger partial charge in [0.05, 0.1) is 26.4 Å². The minimum Gasteiger partial charge on any atom is -0.382 e. The zero-order valence-electron chi connectivity index (χ0n) is 20.4. The second-order valence-corrected chi connectivity index (χ2v) is 8.14. The van der Waals surface area contributed by atoms with Gasteiger partial charge in [0, 0.05) is 79.2 Å². The van der Waals surface area contributed by atoms with Gasteiger partial charge in [-0.2, -0.15) is 6.42 Å². The van der Waals surface area contributed by atoms with Crippen molar-refractivity contribution in [1.82, 2.24) is 19.6 Å². The molecule has 0 amide bonds. The Bertz CT molecular complexity index is 380. The summed E-state index contributed by atoms with van der Waals surface area (Å²) in [5.74, 6) is 0. The van der Waals surface area contributed by atoms with E-state index >= 15 is 0 Å². The predicted molar refractivity (Wildman–Crippen MR) is 125 cm³/mol. The number of nitrogens with zero attached hydrogens (tertiary/aromatic N) is 4. The molecule has 182 valence electrons. The summed E-state index contributed by atoms with van der Waals surface area (Å²) in [6.45, 7) is 21.8. The maximum atomic E-state index is 5.92. The van der Waals surface area contributed by atoms with Gasteiger partial charge in [-0.05, 0) is 25.9 Å². The Kier molecular flexibility index (Phi) is 21.8. The molecule has 7 nitrogen and oxygen atoms in total. The third-order valence-electron chi connectivity index (χ3n) is 5.95. The van der Waals surface area contributed by atoms with Gasteiger partial charge < -0.3 is 38.4 Å². The molecule has 0 spiro atoms. The maximum Gasteiger partial charge on any atom is 2.00 e. The van der Waals surface area contributed by atoms with Crippen molar-refractivity contribution in [3.8, 4) is 0 Å². The van der Waals surface area contributed by atoms with Gasteiger partial charge in [0.15, 0.2) is 0 Å². The second-order valence-electron chi connectivity index (χ2n) is 8.14. The van der Waals surface area contributed by atoms with Crippen LogP contribution in [0.25, 0.3) is 0 Å². The summed E-state index contributed by atoms with van der Waals surface area (Å²) < 4.78 is 16.4. The first kappa shape index (κ1) is 31.8. The van der Waals surface area contributed by atoms with Crippen LogP contribution in [0.4, 0.5) is 0 Å². The third kappa shape index (κ3) is 15.3. The van der Waals surface area contributed by atoms with E-state index in [9.17, 15) is 0 Å². The van der Waals surface area contributed by atoms with Crippen LogP contribution in [0.3, 0.4) is 0 Å². The Hall–Kier alpha value is 0.772. The van der Waals surface area contributed by atoms with Gasteiger partial charge in [0.2, 0.25) is 0 Å². The van der Waals surface area contributed by atoms with Crippen LogP contribution in [-0.4, -0.2) is 138 Å². The Morgan fingerprint density at radius 3 is 1.52 bits per heavy atom. The summed E-state index contributed by atoms with van der Waals surface area (Å²) in [6.07, 6.45) is 3.38. The van der Waals surface area contributed by atoms with E-state index in [2.05, 4.69) is 26.5 Å². The fraction of sp³-hybridized carbons (Fsp3) is 0.913. The van der Waals surface area contributed by atoms with Crippen LogP contribution in [0.15, 0.2) is 0 Å². The Morgan fingerprint density at radius 1 is 0.581 bits per heavy atom. The molecule has 0 aliphatic carbocycles. The van der Waals surface area contributed by atoms with Gasteiger partial charge in [0.1, 0.15) is 0 Å². The minimum absolute atomic E-state index is 0. The molecule has 2 rings (SSSR count). The monoisotopic (exact) mass is 666 g/mol. The molecule has 2 saturated heterocycles. The third-order valence-corrected chi connectivity index (χ3v) is 5.95. The van der Waals surface area contributed by atoms with Crippen LogP contribution in [0.1, 0.15) is 19.3 Å². The molecule has 31 heavy (non-hydrogen) atoms. The van der Waals surface area contributed by atoms with Gasteiger partial charge in [-0.3, -0.25) is 9.80 Å². The number of unbranched alkanes of at least 4 members (excludes halogenated alkanes) is 1. The molecular weight excluding hydrogens is 618 g/mol. The first-order valence-corrected chi connectivity index (χ1v) is 11.6. The predicted octanol–water partition coefficient (Wildman–Crippen LogP) is 1.36. The number of piperazine rings is 2. The Labute approximate surface area is 216 Å². The average molecular weight is 667 g/mol. The SMILES string of the molecule is [CH2-]CCN1CCN(CCOCCN2CCN(CCCCOCCOC)CC2)CC1.[CH3-].[U+2]. The summed E-state index contributed by atoms with van der Waals surface area (Å²) >= 11 is 0. The minimum atomic E-state index is 0. The first-order valence-electron chi connectivity index (χ1n) is 11.6. The fourth-order valence-corrected chi connectivity index (χ4v) is 3.97. The molecule has 2 fully saturated rings. The van der Waals surface area contributed by atoms with Gasteiger partial charge in [-0.1, -0.05) is 0 Å². The second kappa shape index (κ2) is 21.3. The number of ether oxygens (including phenoxy) is 3. The largest absolute Gasteiger partial charge is 2.00 e. The molecule has 0 unspecified atom stereocenters. The quantitative estimate of drug-likeness (QED) is 0.182.